The summed E-state index contributed by atoms with van der Waals surface area (Å²) in [4.78, 5) is 27.6. The standard InChI is InChI=1S/C23H30ClN3O4S/c1-17(22(29)25-23(2,3)4)26(15-18-11-7-6-8-12-18)21(28)16-27(32(5,30)31)20-14-10-9-13-19(20)24/h6-14,17H,15-16H2,1-5H3,(H,25,29). The molecule has 2 rings (SSSR count). The highest BCUT2D eigenvalue weighted by molar-refractivity contribution is 7.92. The van der Waals surface area contributed by atoms with Gasteiger partial charge in [-0.1, -0.05) is 54.1 Å². The highest BCUT2D eigenvalue weighted by atomic mass is 35.5. The number of carbonyl (C=O) groups is 2. The number of anilines is 1. The number of nitrogens with one attached hydrogen (secondary N) is 1. The minimum atomic E-state index is -3.82. The van der Waals surface area contributed by atoms with Gasteiger partial charge in [-0.05, 0) is 45.4 Å². The van der Waals surface area contributed by atoms with Crippen molar-refractivity contribution in [3.05, 3.63) is 65.2 Å². The van der Waals surface area contributed by atoms with Gasteiger partial charge in [0.05, 0.1) is 17.0 Å². The molecule has 0 aliphatic rings. The summed E-state index contributed by atoms with van der Waals surface area (Å²) in [5.41, 5.74) is 0.541. The van der Waals surface area contributed by atoms with Crippen LogP contribution in [-0.4, -0.2) is 49.5 Å². The number of benzene rings is 2. The third-order valence-electron chi connectivity index (χ3n) is 4.66. The third kappa shape index (κ3) is 7.24. The molecule has 0 aliphatic heterocycles. The minimum absolute atomic E-state index is 0.151. The van der Waals surface area contributed by atoms with Crippen LogP contribution in [0.5, 0.6) is 0 Å². The summed E-state index contributed by atoms with van der Waals surface area (Å²) in [5.74, 6) is -0.846. The van der Waals surface area contributed by atoms with Gasteiger partial charge in [-0.25, -0.2) is 8.42 Å². The molecule has 32 heavy (non-hydrogen) atoms. The highest BCUT2D eigenvalue weighted by Gasteiger charge is 2.31. The summed E-state index contributed by atoms with van der Waals surface area (Å²) in [6, 6.07) is 14.8. The molecule has 2 aromatic carbocycles. The lowest BCUT2D eigenvalue weighted by atomic mass is 10.1. The monoisotopic (exact) mass is 479 g/mol. The number of hydrogen-bond donors (Lipinski definition) is 1. The maximum atomic E-state index is 13.4. The predicted octanol–water partition coefficient (Wildman–Crippen LogP) is 3.44. The highest BCUT2D eigenvalue weighted by Crippen LogP contribution is 2.27. The van der Waals surface area contributed by atoms with Crippen molar-refractivity contribution >= 4 is 39.1 Å². The second kappa shape index (κ2) is 10.4. The fourth-order valence-electron chi connectivity index (χ4n) is 3.09. The Hall–Kier alpha value is -2.58. The van der Waals surface area contributed by atoms with E-state index in [1.165, 1.54) is 11.0 Å². The average molecular weight is 480 g/mol. The van der Waals surface area contributed by atoms with E-state index >= 15 is 0 Å². The Morgan fingerprint density at radius 1 is 1.03 bits per heavy atom. The largest absolute Gasteiger partial charge is 0.350 e. The van der Waals surface area contributed by atoms with Gasteiger partial charge in [-0.3, -0.25) is 13.9 Å². The molecule has 0 aliphatic carbocycles. The summed E-state index contributed by atoms with van der Waals surface area (Å²) in [5, 5.41) is 3.09. The Balaban J connectivity index is 2.39. The number of para-hydroxylation sites is 1. The number of rotatable bonds is 8. The lowest BCUT2D eigenvalue weighted by Crippen LogP contribution is -2.54. The molecule has 174 valence electrons. The zero-order valence-corrected chi connectivity index (χ0v) is 20.6. The Kier molecular flexibility index (Phi) is 8.31. The van der Waals surface area contributed by atoms with E-state index in [2.05, 4.69) is 5.32 Å². The van der Waals surface area contributed by atoms with Crippen LogP contribution >= 0.6 is 11.6 Å². The van der Waals surface area contributed by atoms with Crippen molar-refractivity contribution in [1.29, 1.82) is 0 Å². The topological polar surface area (TPSA) is 86.8 Å². The van der Waals surface area contributed by atoms with Gasteiger partial charge in [-0.15, -0.1) is 0 Å². The fourth-order valence-corrected chi connectivity index (χ4v) is 4.23. The summed E-state index contributed by atoms with van der Waals surface area (Å²) >= 11 is 6.21. The summed E-state index contributed by atoms with van der Waals surface area (Å²) in [6.45, 7) is 6.85. The van der Waals surface area contributed by atoms with Gasteiger partial charge < -0.3 is 10.2 Å². The molecule has 7 nitrogen and oxygen atoms in total. The van der Waals surface area contributed by atoms with Crippen LogP contribution in [0.15, 0.2) is 54.6 Å². The van der Waals surface area contributed by atoms with Crippen LogP contribution in [0, 0.1) is 0 Å². The van der Waals surface area contributed by atoms with E-state index in [1.807, 2.05) is 51.1 Å². The second-order valence-electron chi connectivity index (χ2n) is 8.64. The molecule has 0 spiro atoms. The smallest absolute Gasteiger partial charge is 0.244 e. The van der Waals surface area contributed by atoms with E-state index in [1.54, 1.807) is 25.1 Å². The minimum Gasteiger partial charge on any atom is -0.350 e. The quantitative estimate of drug-likeness (QED) is 0.628. The zero-order chi connectivity index (χ0) is 24.1. The normalized spacial score (nSPS) is 12.7. The van der Waals surface area contributed by atoms with E-state index < -0.39 is 34.1 Å². The molecule has 0 saturated heterocycles. The van der Waals surface area contributed by atoms with E-state index in [-0.39, 0.29) is 23.2 Å². The van der Waals surface area contributed by atoms with Gasteiger partial charge in [0.2, 0.25) is 21.8 Å². The molecule has 0 saturated carbocycles. The molecule has 0 aromatic heterocycles. The van der Waals surface area contributed by atoms with Crippen LogP contribution in [0.1, 0.15) is 33.3 Å². The van der Waals surface area contributed by atoms with Crippen molar-refractivity contribution in [1.82, 2.24) is 10.2 Å². The molecule has 1 unspecified atom stereocenters. The Morgan fingerprint density at radius 2 is 1.59 bits per heavy atom. The maximum Gasteiger partial charge on any atom is 0.244 e. The van der Waals surface area contributed by atoms with Gasteiger partial charge in [-0.2, -0.15) is 0 Å². The molecule has 9 heteroatoms. The SMILES string of the molecule is CC(C(=O)NC(C)(C)C)N(Cc1ccccc1)C(=O)CN(c1ccccc1Cl)S(C)(=O)=O. The van der Waals surface area contributed by atoms with Crippen molar-refractivity contribution < 1.29 is 18.0 Å². The molecule has 0 radical (unpaired) electrons. The molecule has 0 bridgehead atoms. The zero-order valence-electron chi connectivity index (χ0n) is 19.0. The number of nitrogens with zero attached hydrogens (tertiary/aromatic N) is 2. The van der Waals surface area contributed by atoms with Crippen LogP contribution in [0.3, 0.4) is 0 Å². The molecule has 0 fully saturated rings. The van der Waals surface area contributed by atoms with Crippen molar-refractivity contribution in [3.8, 4) is 0 Å². The van der Waals surface area contributed by atoms with Crippen molar-refractivity contribution in [2.45, 2.75) is 45.8 Å². The van der Waals surface area contributed by atoms with E-state index in [4.69, 9.17) is 11.6 Å². The van der Waals surface area contributed by atoms with Crippen LogP contribution < -0.4 is 9.62 Å². The summed E-state index contributed by atoms with van der Waals surface area (Å²) in [6.07, 6.45) is 1.01. The van der Waals surface area contributed by atoms with Crippen LogP contribution in [-0.2, 0) is 26.2 Å². The van der Waals surface area contributed by atoms with Gasteiger partial charge in [0.15, 0.2) is 0 Å². The van der Waals surface area contributed by atoms with Crippen molar-refractivity contribution in [3.63, 3.8) is 0 Å². The van der Waals surface area contributed by atoms with Gasteiger partial charge in [0.25, 0.3) is 0 Å². The third-order valence-corrected chi connectivity index (χ3v) is 6.11. The molecule has 0 heterocycles. The number of hydrogen-bond acceptors (Lipinski definition) is 4. The first kappa shape index (κ1) is 25.7. The molecule has 2 aromatic rings. The molecule has 2 amide bonds. The van der Waals surface area contributed by atoms with Crippen LogP contribution in [0.25, 0.3) is 0 Å². The van der Waals surface area contributed by atoms with E-state index in [0.717, 1.165) is 16.1 Å². The lowest BCUT2D eigenvalue weighted by Gasteiger charge is -2.33. The Labute approximate surface area is 195 Å². The van der Waals surface area contributed by atoms with Gasteiger partial charge in [0.1, 0.15) is 12.6 Å². The second-order valence-corrected chi connectivity index (χ2v) is 11.0. The number of sulfonamides is 1. The summed E-state index contributed by atoms with van der Waals surface area (Å²) < 4.78 is 26.0. The first-order chi connectivity index (χ1) is 14.8. The van der Waals surface area contributed by atoms with E-state index in [9.17, 15) is 18.0 Å². The number of halogens is 1. The van der Waals surface area contributed by atoms with Crippen LogP contribution in [0.4, 0.5) is 5.69 Å². The van der Waals surface area contributed by atoms with Gasteiger partial charge in [0, 0.05) is 12.1 Å². The molecule has 1 N–H and O–H groups in total. The van der Waals surface area contributed by atoms with Gasteiger partial charge >= 0.3 is 0 Å². The Morgan fingerprint density at radius 3 is 2.12 bits per heavy atom. The maximum absolute atomic E-state index is 13.4. The van der Waals surface area contributed by atoms with Crippen molar-refractivity contribution in [2.24, 2.45) is 0 Å². The molecule has 1 atom stereocenters. The van der Waals surface area contributed by atoms with E-state index in [0.29, 0.717) is 0 Å². The molecular formula is C23H30ClN3O4S. The molecular weight excluding hydrogens is 450 g/mol. The van der Waals surface area contributed by atoms with Crippen molar-refractivity contribution in [2.75, 3.05) is 17.1 Å². The number of amides is 2. The first-order valence-corrected chi connectivity index (χ1v) is 12.4. The average Bonchev–Trinajstić information content (AvgIpc) is 2.69. The predicted molar refractivity (Wildman–Crippen MR) is 128 cm³/mol. The lowest BCUT2D eigenvalue weighted by molar-refractivity contribution is -0.140. The van der Waals surface area contributed by atoms with Crippen LogP contribution in [0.2, 0.25) is 5.02 Å². The number of carbonyl (C=O) groups excluding carboxylic acids is 2. The Bertz CT molecular complexity index is 1050. The fraction of sp³-hybridized carbons (Fsp3) is 0.391. The first-order valence-electron chi connectivity index (χ1n) is 10.2. The summed E-state index contributed by atoms with van der Waals surface area (Å²) in [7, 11) is -3.82.